The normalized spacial score (nSPS) is 13.4. The number of benzene rings is 1. The number of nitrogens with one attached hydrogen (secondary N) is 1. The van der Waals surface area contributed by atoms with Crippen molar-refractivity contribution >= 4 is 0 Å². The van der Waals surface area contributed by atoms with Gasteiger partial charge in [0.1, 0.15) is 0 Å². The van der Waals surface area contributed by atoms with Crippen molar-refractivity contribution in [2.75, 3.05) is 6.54 Å². The molecular formula is C14H16F3N3. The molecule has 0 bridgehead atoms. The van der Waals surface area contributed by atoms with Crippen LogP contribution in [0.2, 0.25) is 0 Å². The van der Waals surface area contributed by atoms with Crippen molar-refractivity contribution in [3.63, 3.8) is 0 Å². The third-order valence-electron chi connectivity index (χ3n) is 3.01. The van der Waals surface area contributed by atoms with Crippen LogP contribution in [0.15, 0.2) is 36.8 Å². The van der Waals surface area contributed by atoms with Crippen LogP contribution in [0.5, 0.6) is 0 Å². The molecule has 0 spiro atoms. The lowest BCUT2D eigenvalue weighted by Crippen LogP contribution is -2.25. The Morgan fingerprint density at radius 2 is 2.00 bits per heavy atom. The van der Waals surface area contributed by atoms with E-state index in [0.717, 1.165) is 6.07 Å². The Balaban J connectivity index is 2.50. The van der Waals surface area contributed by atoms with Crippen LogP contribution in [0, 0.1) is 0 Å². The lowest BCUT2D eigenvalue weighted by Gasteiger charge is -2.21. The third-order valence-corrected chi connectivity index (χ3v) is 3.01. The summed E-state index contributed by atoms with van der Waals surface area (Å²) in [5, 5.41) is 3.07. The molecule has 1 aromatic carbocycles. The average Bonchev–Trinajstić information content (AvgIpc) is 2.81. The molecule has 108 valence electrons. The first-order valence-electron chi connectivity index (χ1n) is 6.31. The van der Waals surface area contributed by atoms with Gasteiger partial charge in [0.25, 0.3) is 0 Å². The van der Waals surface area contributed by atoms with Crippen LogP contribution in [0.3, 0.4) is 0 Å². The van der Waals surface area contributed by atoms with Gasteiger partial charge in [0.15, 0.2) is 0 Å². The highest BCUT2D eigenvalue weighted by atomic mass is 19.4. The maximum Gasteiger partial charge on any atom is 0.416 e. The number of hydrogen-bond donors (Lipinski definition) is 1. The fourth-order valence-corrected chi connectivity index (χ4v) is 2.17. The van der Waals surface area contributed by atoms with Gasteiger partial charge < -0.3 is 9.88 Å². The molecule has 0 amide bonds. The highest BCUT2D eigenvalue weighted by Crippen LogP contribution is 2.36. The summed E-state index contributed by atoms with van der Waals surface area (Å²) in [6.07, 6.45) is -1.07. The van der Waals surface area contributed by atoms with Gasteiger partial charge in [0, 0.05) is 13.2 Å². The fraction of sp³-hybridized carbons (Fsp3) is 0.357. The number of imidazole rings is 1. The van der Waals surface area contributed by atoms with E-state index in [1.165, 1.54) is 12.1 Å². The largest absolute Gasteiger partial charge is 0.416 e. The molecule has 1 unspecified atom stereocenters. The molecule has 1 atom stereocenters. The van der Waals surface area contributed by atoms with Crippen molar-refractivity contribution in [1.29, 1.82) is 0 Å². The van der Waals surface area contributed by atoms with Gasteiger partial charge in [-0.15, -0.1) is 0 Å². The molecule has 0 aliphatic rings. The fourth-order valence-electron chi connectivity index (χ4n) is 2.17. The number of rotatable bonds is 4. The molecule has 0 radical (unpaired) electrons. The predicted octanol–water partition coefficient (Wildman–Crippen LogP) is 3.14. The summed E-state index contributed by atoms with van der Waals surface area (Å²) in [6, 6.07) is 5.03. The van der Waals surface area contributed by atoms with Crippen LogP contribution in [0.1, 0.15) is 29.8 Å². The van der Waals surface area contributed by atoms with E-state index in [9.17, 15) is 13.2 Å². The molecule has 0 saturated heterocycles. The molecule has 0 aliphatic carbocycles. The predicted molar refractivity (Wildman–Crippen MR) is 70.2 cm³/mol. The highest BCUT2D eigenvalue weighted by molar-refractivity contribution is 5.36. The zero-order chi connectivity index (χ0) is 14.8. The maximum atomic E-state index is 13.1. The Morgan fingerprint density at radius 1 is 1.30 bits per heavy atom. The summed E-state index contributed by atoms with van der Waals surface area (Å²) in [4.78, 5) is 4.17. The molecule has 20 heavy (non-hydrogen) atoms. The topological polar surface area (TPSA) is 29.9 Å². The van der Waals surface area contributed by atoms with Gasteiger partial charge in [-0.2, -0.15) is 13.2 Å². The summed E-state index contributed by atoms with van der Waals surface area (Å²) in [5.41, 5.74) is 0.142. The number of alkyl halides is 3. The SMILES string of the molecule is CCNC(c1cn(C)cn1)c1ccccc1C(F)(F)F. The van der Waals surface area contributed by atoms with Crippen LogP contribution in [-0.2, 0) is 13.2 Å². The van der Waals surface area contributed by atoms with Crippen molar-refractivity contribution in [2.24, 2.45) is 7.05 Å². The lowest BCUT2D eigenvalue weighted by atomic mass is 9.98. The summed E-state index contributed by atoms with van der Waals surface area (Å²) in [5.74, 6) is 0. The molecule has 0 fully saturated rings. The maximum absolute atomic E-state index is 13.1. The van der Waals surface area contributed by atoms with Crippen molar-refractivity contribution in [3.8, 4) is 0 Å². The van der Waals surface area contributed by atoms with E-state index in [4.69, 9.17) is 0 Å². The Morgan fingerprint density at radius 3 is 2.55 bits per heavy atom. The Hall–Kier alpha value is -1.82. The summed E-state index contributed by atoms with van der Waals surface area (Å²) in [7, 11) is 1.79. The van der Waals surface area contributed by atoms with Gasteiger partial charge in [-0.25, -0.2) is 4.98 Å². The minimum Gasteiger partial charge on any atom is -0.340 e. The van der Waals surface area contributed by atoms with Crippen molar-refractivity contribution < 1.29 is 13.2 Å². The van der Waals surface area contributed by atoms with Crippen LogP contribution >= 0.6 is 0 Å². The molecule has 1 N–H and O–H groups in total. The molecule has 1 aromatic heterocycles. The van der Waals surface area contributed by atoms with E-state index in [1.807, 2.05) is 6.92 Å². The number of halogens is 3. The smallest absolute Gasteiger partial charge is 0.340 e. The van der Waals surface area contributed by atoms with Crippen LogP contribution in [-0.4, -0.2) is 16.1 Å². The van der Waals surface area contributed by atoms with E-state index in [-0.39, 0.29) is 5.56 Å². The first-order chi connectivity index (χ1) is 9.43. The van der Waals surface area contributed by atoms with Crippen LogP contribution < -0.4 is 5.32 Å². The minimum absolute atomic E-state index is 0.195. The Bertz CT molecular complexity index is 575. The minimum atomic E-state index is -4.38. The highest BCUT2D eigenvalue weighted by Gasteiger charge is 2.35. The Labute approximate surface area is 115 Å². The summed E-state index contributed by atoms with van der Waals surface area (Å²) >= 11 is 0. The molecule has 2 aromatic rings. The van der Waals surface area contributed by atoms with Gasteiger partial charge >= 0.3 is 6.18 Å². The lowest BCUT2D eigenvalue weighted by molar-refractivity contribution is -0.138. The van der Waals surface area contributed by atoms with E-state index in [2.05, 4.69) is 10.3 Å². The molecule has 2 rings (SSSR count). The second-order valence-electron chi connectivity index (χ2n) is 4.54. The van der Waals surface area contributed by atoms with E-state index < -0.39 is 17.8 Å². The van der Waals surface area contributed by atoms with Gasteiger partial charge in [-0.3, -0.25) is 0 Å². The number of aryl methyl sites for hydroxylation is 1. The quantitative estimate of drug-likeness (QED) is 0.934. The first kappa shape index (κ1) is 14.6. The summed E-state index contributed by atoms with van der Waals surface area (Å²) in [6.45, 7) is 2.40. The van der Waals surface area contributed by atoms with Gasteiger partial charge in [-0.1, -0.05) is 25.1 Å². The third kappa shape index (κ3) is 3.01. The zero-order valence-electron chi connectivity index (χ0n) is 11.3. The van der Waals surface area contributed by atoms with Gasteiger partial charge in [0.2, 0.25) is 0 Å². The Kier molecular flexibility index (Phi) is 4.13. The van der Waals surface area contributed by atoms with Crippen molar-refractivity contribution in [1.82, 2.24) is 14.9 Å². The number of hydrogen-bond acceptors (Lipinski definition) is 2. The standard InChI is InChI=1S/C14H16F3N3/c1-3-18-13(12-8-20(2)9-19-12)10-6-4-5-7-11(10)14(15,16)17/h4-9,13,18H,3H2,1-2H3. The molecule has 1 heterocycles. The zero-order valence-corrected chi connectivity index (χ0v) is 11.3. The molecule has 6 heteroatoms. The van der Waals surface area contributed by atoms with Crippen LogP contribution in [0.4, 0.5) is 13.2 Å². The van der Waals surface area contributed by atoms with Gasteiger partial charge in [0.05, 0.1) is 23.6 Å². The molecular weight excluding hydrogens is 267 g/mol. The molecule has 3 nitrogen and oxygen atoms in total. The van der Waals surface area contributed by atoms with Crippen molar-refractivity contribution in [3.05, 3.63) is 53.6 Å². The van der Waals surface area contributed by atoms with Crippen LogP contribution in [0.25, 0.3) is 0 Å². The number of aromatic nitrogens is 2. The van der Waals surface area contributed by atoms with E-state index in [1.54, 1.807) is 30.2 Å². The second-order valence-corrected chi connectivity index (χ2v) is 4.54. The second kappa shape index (κ2) is 5.66. The van der Waals surface area contributed by atoms with Gasteiger partial charge in [-0.05, 0) is 18.2 Å². The number of nitrogens with zero attached hydrogens (tertiary/aromatic N) is 2. The molecule has 0 aliphatic heterocycles. The average molecular weight is 283 g/mol. The van der Waals surface area contributed by atoms with Crippen molar-refractivity contribution in [2.45, 2.75) is 19.1 Å². The monoisotopic (exact) mass is 283 g/mol. The summed E-state index contributed by atoms with van der Waals surface area (Å²) < 4.78 is 41.1. The van der Waals surface area contributed by atoms with E-state index in [0.29, 0.717) is 12.2 Å². The molecule has 0 saturated carbocycles. The first-order valence-corrected chi connectivity index (χ1v) is 6.31. The van der Waals surface area contributed by atoms with E-state index >= 15 is 0 Å².